The Morgan fingerprint density at radius 2 is 1.81 bits per heavy atom. The Labute approximate surface area is 218 Å². The molecule has 0 radical (unpaired) electrons. The number of rotatable bonds is 7. The van der Waals surface area contributed by atoms with E-state index in [4.69, 9.17) is 4.74 Å². The van der Waals surface area contributed by atoms with Gasteiger partial charge in [0.15, 0.2) is 0 Å². The SMILES string of the molecule is CC(C)NC(=O)Nc1ccc2c(c1)C(=O)N([C@H](C)CO)C[C@@H](C)[C@@H](CN(C)C(=O)Nc1ccccc1)O2. The maximum atomic E-state index is 13.5. The Morgan fingerprint density at radius 1 is 1.11 bits per heavy atom. The zero-order chi connectivity index (χ0) is 27.1. The van der Waals surface area contributed by atoms with E-state index in [0.717, 1.165) is 0 Å². The second-order valence-corrected chi connectivity index (χ2v) is 9.76. The van der Waals surface area contributed by atoms with Crippen molar-refractivity contribution in [1.82, 2.24) is 15.1 Å². The van der Waals surface area contributed by atoms with Crippen molar-refractivity contribution in [3.8, 4) is 5.75 Å². The van der Waals surface area contributed by atoms with Crippen LogP contribution in [-0.4, -0.2) is 77.8 Å². The summed E-state index contributed by atoms with van der Waals surface area (Å²) in [7, 11) is 1.69. The van der Waals surface area contributed by atoms with E-state index < -0.39 is 12.1 Å². The van der Waals surface area contributed by atoms with E-state index in [2.05, 4.69) is 16.0 Å². The number of nitrogens with zero attached hydrogens (tertiary/aromatic N) is 2. The van der Waals surface area contributed by atoms with Crippen LogP contribution in [0.5, 0.6) is 5.75 Å². The van der Waals surface area contributed by atoms with Crippen molar-refractivity contribution in [2.75, 3.05) is 37.4 Å². The van der Waals surface area contributed by atoms with Crippen LogP contribution >= 0.6 is 0 Å². The number of likely N-dealkylation sites (N-methyl/N-ethyl adjacent to an activating group) is 1. The predicted molar refractivity (Wildman–Crippen MR) is 143 cm³/mol. The monoisotopic (exact) mass is 511 g/mol. The van der Waals surface area contributed by atoms with Crippen molar-refractivity contribution in [2.45, 2.75) is 45.9 Å². The van der Waals surface area contributed by atoms with Crippen molar-refractivity contribution >= 4 is 29.3 Å². The number of anilines is 2. The Balaban J connectivity index is 1.86. The first-order valence-electron chi connectivity index (χ1n) is 12.5. The molecule has 200 valence electrons. The molecule has 3 rings (SSSR count). The average molecular weight is 512 g/mol. The van der Waals surface area contributed by atoms with E-state index in [0.29, 0.717) is 23.7 Å². The molecule has 0 unspecified atom stereocenters. The molecule has 5 amide bonds. The number of para-hydroxylation sites is 1. The molecule has 1 aliphatic rings. The summed E-state index contributed by atoms with van der Waals surface area (Å²) in [6.45, 7) is 7.83. The summed E-state index contributed by atoms with van der Waals surface area (Å²) in [5, 5.41) is 18.2. The Morgan fingerprint density at radius 3 is 2.46 bits per heavy atom. The van der Waals surface area contributed by atoms with Gasteiger partial charge < -0.3 is 35.6 Å². The lowest BCUT2D eigenvalue weighted by atomic mass is 9.99. The normalized spacial score (nSPS) is 18.1. The van der Waals surface area contributed by atoms with Crippen LogP contribution in [0, 0.1) is 5.92 Å². The zero-order valence-corrected chi connectivity index (χ0v) is 22.0. The first-order chi connectivity index (χ1) is 17.6. The van der Waals surface area contributed by atoms with Crippen LogP contribution in [0.2, 0.25) is 0 Å². The van der Waals surface area contributed by atoms with Gasteiger partial charge in [-0.3, -0.25) is 4.79 Å². The number of ether oxygens (including phenoxy) is 1. The predicted octanol–water partition coefficient (Wildman–Crippen LogP) is 3.60. The number of hydrogen-bond donors (Lipinski definition) is 4. The van der Waals surface area contributed by atoms with E-state index in [-0.39, 0.29) is 48.6 Å². The number of amides is 5. The Bertz CT molecular complexity index is 1090. The number of aliphatic hydroxyl groups is 1. The minimum Gasteiger partial charge on any atom is -0.487 e. The number of urea groups is 2. The molecule has 10 heteroatoms. The van der Waals surface area contributed by atoms with E-state index in [1.165, 1.54) is 0 Å². The summed E-state index contributed by atoms with van der Waals surface area (Å²) in [5.74, 6) is -0.0963. The lowest BCUT2D eigenvalue weighted by Crippen LogP contribution is -2.50. The molecule has 0 aliphatic carbocycles. The van der Waals surface area contributed by atoms with Crippen LogP contribution in [-0.2, 0) is 0 Å². The summed E-state index contributed by atoms with van der Waals surface area (Å²) in [4.78, 5) is 41.7. The van der Waals surface area contributed by atoms with Crippen molar-refractivity contribution in [2.24, 2.45) is 5.92 Å². The maximum absolute atomic E-state index is 13.5. The van der Waals surface area contributed by atoms with E-state index in [1.54, 1.807) is 42.0 Å². The molecule has 10 nitrogen and oxygen atoms in total. The summed E-state index contributed by atoms with van der Waals surface area (Å²) < 4.78 is 6.32. The van der Waals surface area contributed by atoms with Crippen LogP contribution in [0.25, 0.3) is 0 Å². The van der Waals surface area contributed by atoms with Gasteiger partial charge in [0.2, 0.25) is 0 Å². The van der Waals surface area contributed by atoms with Crippen molar-refractivity contribution < 1.29 is 24.2 Å². The highest BCUT2D eigenvalue weighted by Crippen LogP contribution is 2.30. The molecular formula is C27H37N5O5. The Kier molecular flexibility index (Phi) is 9.35. The topological polar surface area (TPSA) is 123 Å². The fourth-order valence-electron chi connectivity index (χ4n) is 4.04. The second kappa shape index (κ2) is 12.4. The molecule has 0 bridgehead atoms. The highest BCUT2D eigenvalue weighted by atomic mass is 16.5. The minimum atomic E-state index is -0.435. The molecule has 2 aromatic rings. The quantitative estimate of drug-likeness (QED) is 0.452. The molecule has 1 aliphatic heterocycles. The third kappa shape index (κ3) is 7.36. The molecule has 1 heterocycles. The Hall–Kier alpha value is -3.79. The zero-order valence-electron chi connectivity index (χ0n) is 22.0. The smallest absolute Gasteiger partial charge is 0.321 e. The largest absolute Gasteiger partial charge is 0.487 e. The molecule has 0 spiro atoms. The number of fused-ring (bicyclic) bond motifs is 1. The van der Waals surface area contributed by atoms with Crippen LogP contribution in [0.1, 0.15) is 38.1 Å². The third-order valence-corrected chi connectivity index (χ3v) is 6.17. The van der Waals surface area contributed by atoms with Crippen LogP contribution in [0.15, 0.2) is 48.5 Å². The van der Waals surface area contributed by atoms with Gasteiger partial charge in [0.05, 0.1) is 24.8 Å². The molecule has 0 saturated heterocycles. The van der Waals surface area contributed by atoms with E-state index in [9.17, 15) is 19.5 Å². The van der Waals surface area contributed by atoms with E-state index >= 15 is 0 Å². The van der Waals surface area contributed by atoms with Crippen LogP contribution in [0.3, 0.4) is 0 Å². The molecule has 2 aromatic carbocycles. The fourth-order valence-corrected chi connectivity index (χ4v) is 4.04. The summed E-state index contributed by atoms with van der Waals surface area (Å²) >= 11 is 0. The van der Waals surface area contributed by atoms with E-state index in [1.807, 2.05) is 51.1 Å². The van der Waals surface area contributed by atoms with Crippen molar-refractivity contribution in [3.63, 3.8) is 0 Å². The summed E-state index contributed by atoms with van der Waals surface area (Å²) in [6.07, 6.45) is -0.435. The van der Waals surface area contributed by atoms with Gasteiger partial charge in [-0.15, -0.1) is 0 Å². The number of hydrogen-bond acceptors (Lipinski definition) is 5. The highest BCUT2D eigenvalue weighted by molar-refractivity contribution is 5.99. The first-order valence-corrected chi connectivity index (χ1v) is 12.5. The van der Waals surface area contributed by atoms with Gasteiger partial charge in [0, 0.05) is 36.9 Å². The number of carbonyl (C=O) groups is 3. The number of nitrogens with one attached hydrogen (secondary N) is 3. The van der Waals surface area contributed by atoms with Gasteiger partial charge in [-0.1, -0.05) is 25.1 Å². The molecule has 4 N–H and O–H groups in total. The van der Waals surface area contributed by atoms with Gasteiger partial charge in [-0.05, 0) is 51.1 Å². The lowest BCUT2D eigenvalue weighted by Gasteiger charge is -2.38. The molecule has 0 aromatic heterocycles. The van der Waals surface area contributed by atoms with Crippen LogP contribution < -0.4 is 20.7 Å². The molecule has 0 fully saturated rings. The van der Waals surface area contributed by atoms with Crippen LogP contribution in [0.4, 0.5) is 21.0 Å². The van der Waals surface area contributed by atoms with Gasteiger partial charge >= 0.3 is 12.1 Å². The molecule has 3 atom stereocenters. The first kappa shape index (κ1) is 27.8. The molecular weight excluding hydrogens is 474 g/mol. The molecule has 37 heavy (non-hydrogen) atoms. The third-order valence-electron chi connectivity index (χ3n) is 6.17. The van der Waals surface area contributed by atoms with Gasteiger partial charge in [-0.2, -0.15) is 0 Å². The average Bonchev–Trinajstić information content (AvgIpc) is 2.86. The fraction of sp³-hybridized carbons (Fsp3) is 0.444. The van der Waals surface area contributed by atoms with Crippen molar-refractivity contribution in [1.29, 1.82) is 0 Å². The lowest BCUT2D eigenvalue weighted by molar-refractivity contribution is 0.0371. The minimum absolute atomic E-state index is 0.0477. The van der Waals surface area contributed by atoms with Gasteiger partial charge in [-0.25, -0.2) is 9.59 Å². The maximum Gasteiger partial charge on any atom is 0.321 e. The standard InChI is InChI=1S/C27H37N5O5/c1-17(2)28-26(35)29-21-11-12-23-22(13-21)25(34)32(19(4)16-33)14-18(3)24(37-23)15-31(5)27(36)30-20-9-7-6-8-10-20/h6-13,17-19,24,33H,14-16H2,1-5H3,(H,30,36)(H2,28,29,35)/t18-,19-,24-/m1/s1. The number of aliphatic hydroxyl groups excluding tert-OH is 1. The van der Waals surface area contributed by atoms with Gasteiger partial charge in [0.1, 0.15) is 11.9 Å². The number of carbonyl (C=O) groups excluding carboxylic acids is 3. The van der Waals surface area contributed by atoms with Gasteiger partial charge in [0.25, 0.3) is 5.91 Å². The molecule has 0 saturated carbocycles. The summed E-state index contributed by atoms with van der Waals surface area (Å²) in [6, 6.07) is 12.9. The second-order valence-electron chi connectivity index (χ2n) is 9.76. The summed E-state index contributed by atoms with van der Waals surface area (Å²) in [5.41, 5.74) is 1.40. The highest BCUT2D eigenvalue weighted by Gasteiger charge is 2.34. The number of benzene rings is 2. The van der Waals surface area contributed by atoms with Crippen molar-refractivity contribution in [3.05, 3.63) is 54.1 Å².